The maximum absolute atomic E-state index is 11.9. The number of carbonyl (C=O) groups excluding carboxylic acids is 1. The van der Waals surface area contributed by atoms with Gasteiger partial charge in [-0.2, -0.15) is 0 Å². The molecule has 0 unspecified atom stereocenters. The summed E-state index contributed by atoms with van der Waals surface area (Å²) < 4.78 is 5.35. The third-order valence-corrected chi connectivity index (χ3v) is 2.23. The van der Waals surface area contributed by atoms with Crippen molar-refractivity contribution < 1.29 is 9.53 Å². The van der Waals surface area contributed by atoms with Gasteiger partial charge in [-0.05, 0) is 31.0 Å². The summed E-state index contributed by atoms with van der Waals surface area (Å²) in [5.41, 5.74) is 6.88. The molecule has 1 aromatic rings. The summed E-state index contributed by atoms with van der Waals surface area (Å²) in [4.78, 5) is 11.9. The zero-order valence-corrected chi connectivity index (χ0v) is 10.1. The third-order valence-electron chi connectivity index (χ3n) is 2.23. The summed E-state index contributed by atoms with van der Waals surface area (Å²) in [7, 11) is 0. The van der Waals surface area contributed by atoms with E-state index in [0.717, 1.165) is 0 Å². The Morgan fingerprint density at radius 3 is 2.69 bits per heavy atom. The summed E-state index contributed by atoms with van der Waals surface area (Å²) in [5.74, 6) is 1.11. The summed E-state index contributed by atoms with van der Waals surface area (Å²) in [6.45, 7) is 6.52. The van der Waals surface area contributed by atoms with E-state index in [1.165, 1.54) is 0 Å². The minimum Gasteiger partial charge on any atom is -0.494 e. The molecule has 0 fully saturated rings. The lowest BCUT2D eigenvalue weighted by molar-refractivity contribution is 0.0968. The fourth-order valence-electron chi connectivity index (χ4n) is 1.51. The van der Waals surface area contributed by atoms with Crippen molar-refractivity contribution >= 4 is 11.5 Å². The molecule has 0 amide bonds. The second kappa shape index (κ2) is 5.54. The third kappa shape index (κ3) is 3.26. The van der Waals surface area contributed by atoms with E-state index in [-0.39, 0.29) is 5.78 Å². The summed E-state index contributed by atoms with van der Waals surface area (Å²) >= 11 is 0. The largest absolute Gasteiger partial charge is 0.494 e. The number of hydrogen-bond donors (Lipinski definition) is 1. The van der Waals surface area contributed by atoms with Gasteiger partial charge in [0.15, 0.2) is 5.78 Å². The summed E-state index contributed by atoms with van der Waals surface area (Å²) in [6, 6.07) is 5.23. The van der Waals surface area contributed by atoms with E-state index in [2.05, 4.69) is 0 Å². The van der Waals surface area contributed by atoms with Crippen molar-refractivity contribution in [3.63, 3.8) is 0 Å². The monoisotopic (exact) mass is 221 g/mol. The van der Waals surface area contributed by atoms with Gasteiger partial charge < -0.3 is 10.5 Å². The molecule has 0 spiro atoms. The molecule has 3 nitrogen and oxygen atoms in total. The molecule has 1 rings (SSSR count). The Bertz CT molecular complexity index is 372. The molecular weight excluding hydrogens is 202 g/mol. The van der Waals surface area contributed by atoms with Crippen LogP contribution in [-0.4, -0.2) is 12.4 Å². The molecule has 0 atom stereocenters. The number of ketones is 1. The van der Waals surface area contributed by atoms with Gasteiger partial charge in [0.2, 0.25) is 0 Å². The van der Waals surface area contributed by atoms with Gasteiger partial charge in [0.25, 0.3) is 0 Å². The van der Waals surface area contributed by atoms with Gasteiger partial charge in [-0.25, -0.2) is 0 Å². The van der Waals surface area contributed by atoms with Crippen LogP contribution in [0.2, 0.25) is 0 Å². The maximum atomic E-state index is 11.9. The van der Waals surface area contributed by atoms with Crippen LogP contribution in [0.5, 0.6) is 5.75 Å². The molecule has 0 aromatic heterocycles. The topological polar surface area (TPSA) is 52.3 Å². The number of rotatable bonds is 5. The molecule has 0 saturated heterocycles. The zero-order chi connectivity index (χ0) is 12.1. The van der Waals surface area contributed by atoms with E-state index in [9.17, 15) is 4.79 Å². The highest BCUT2D eigenvalue weighted by Crippen LogP contribution is 2.22. The van der Waals surface area contributed by atoms with Gasteiger partial charge in [0, 0.05) is 17.7 Å². The van der Waals surface area contributed by atoms with E-state index in [0.29, 0.717) is 35.9 Å². The molecule has 1 aromatic carbocycles. The van der Waals surface area contributed by atoms with Gasteiger partial charge in [0.05, 0.1) is 6.61 Å². The maximum Gasteiger partial charge on any atom is 0.165 e. The molecule has 0 radical (unpaired) electrons. The lowest BCUT2D eigenvalue weighted by Gasteiger charge is -2.09. The molecule has 2 N–H and O–H groups in total. The van der Waals surface area contributed by atoms with Crippen molar-refractivity contribution in [2.45, 2.75) is 27.2 Å². The number of benzene rings is 1. The Morgan fingerprint density at radius 1 is 1.44 bits per heavy atom. The lowest BCUT2D eigenvalue weighted by Crippen LogP contribution is -2.07. The summed E-state index contributed by atoms with van der Waals surface area (Å²) in [6.07, 6.45) is 0.514. The zero-order valence-electron chi connectivity index (χ0n) is 10.1. The minimum atomic E-state index is 0.0778. The lowest BCUT2D eigenvalue weighted by atomic mass is 10.00. The Hall–Kier alpha value is -1.51. The van der Waals surface area contributed by atoms with E-state index < -0.39 is 0 Å². The first kappa shape index (κ1) is 12.6. The molecule has 88 valence electrons. The van der Waals surface area contributed by atoms with Gasteiger partial charge in [-0.15, -0.1) is 0 Å². The highest BCUT2D eigenvalue weighted by molar-refractivity contribution is 6.01. The first-order valence-corrected chi connectivity index (χ1v) is 5.60. The van der Waals surface area contributed by atoms with Crippen molar-refractivity contribution in [1.82, 2.24) is 0 Å². The number of ether oxygens (including phenoxy) is 1. The molecule has 0 aliphatic rings. The normalized spacial score (nSPS) is 10.5. The first-order valence-electron chi connectivity index (χ1n) is 5.60. The van der Waals surface area contributed by atoms with Crippen LogP contribution in [0.3, 0.4) is 0 Å². The van der Waals surface area contributed by atoms with Crippen molar-refractivity contribution in [2.75, 3.05) is 12.3 Å². The average molecular weight is 221 g/mol. The quantitative estimate of drug-likeness (QED) is 0.614. The van der Waals surface area contributed by atoms with Crippen LogP contribution in [0.4, 0.5) is 5.69 Å². The van der Waals surface area contributed by atoms with Crippen LogP contribution < -0.4 is 10.5 Å². The van der Waals surface area contributed by atoms with Crippen LogP contribution in [-0.2, 0) is 0 Å². The fourth-order valence-corrected chi connectivity index (χ4v) is 1.51. The average Bonchev–Trinajstić information content (AvgIpc) is 2.20. The standard InChI is InChI=1S/C13H19NO2/c1-4-16-10-5-6-12(14)11(8-10)13(15)7-9(2)3/h5-6,8-9H,4,7,14H2,1-3H3. The molecule has 0 aliphatic carbocycles. The van der Waals surface area contributed by atoms with Crippen LogP contribution in [0.25, 0.3) is 0 Å². The number of carbonyl (C=O) groups is 1. The Morgan fingerprint density at radius 2 is 2.12 bits per heavy atom. The highest BCUT2D eigenvalue weighted by atomic mass is 16.5. The minimum absolute atomic E-state index is 0.0778. The molecule has 3 heteroatoms. The summed E-state index contributed by atoms with van der Waals surface area (Å²) in [5, 5.41) is 0. The number of nitrogens with two attached hydrogens (primary N) is 1. The Labute approximate surface area is 96.6 Å². The highest BCUT2D eigenvalue weighted by Gasteiger charge is 2.12. The molecular formula is C13H19NO2. The van der Waals surface area contributed by atoms with Crippen molar-refractivity contribution in [3.8, 4) is 5.75 Å². The SMILES string of the molecule is CCOc1ccc(N)c(C(=O)CC(C)C)c1. The van der Waals surface area contributed by atoms with Crippen molar-refractivity contribution in [1.29, 1.82) is 0 Å². The van der Waals surface area contributed by atoms with Crippen LogP contribution in [0, 0.1) is 5.92 Å². The van der Waals surface area contributed by atoms with E-state index in [1.54, 1.807) is 18.2 Å². The number of Topliss-reactive ketones (excluding diaryl/α,β-unsaturated/α-hetero) is 1. The Balaban J connectivity index is 2.93. The van der Waals surface area contributed by atoms with Crippen LogP contribution in [0.1, 0.15) is 37.6 Å². The number of nitrogen functional groups attached to an aromatic ring is 1. The van der Waals surface area contributed by atoms with Gasteiger partial charge in [-0.3, -0.25) is 4.79 Å². The fraction of sp³-hybridized carbons (Fsp3) is 0.462. The predicted molar refractivity (Wildman–Crippen MR) is 65.8 cm³/mol. The van der Waals surface area contributed by atoms with Crippen molar-refractivity contribution in [3.05, 3.63) is 23.8 Å². The van der Waals surface area contributed by atoms with E-state index in [1.807, 2.05) is 20.8 Å². The molecule has 16 heavy (non-hydrogen) atoms. The molecule has 0 aliphatic heterocycles. The smallest absolute Gasteiger partial charge is 0.165 e. The molecule has 0 heterocycles. The van der Waals surface area contributed by atoms with Crippen LogP contribution >= 0.6 is 0 Å². The Kier molecular flexibility index (Phi) is 4.35. The van der Waals surface area contributed by atoms with Gasteiger partial charge in [-0.1, -0.05) is 13.8 Å². The first-order chi connectivity index (χ1) is 7.54. The molecule has 0 saturated carbocycles. The van der Waals surface area contributed by atoms with E-state index in [4.69, 9.17) is 10.5 Å². The van der Waals surface area contributed by atoms with Crippen LogP contribution in [0.15, 0.2) is 18.2 Å². The van der Waals surface area contributed by atoms with Crippen molar-refractivity contribution in [2.24, 2.45) is 5.92 Å². The van der Waals surface area contributed by atoms with Gasteiger partial charge >= 0.3 is 0 Å². The number of hydrogen-bond acceptors (Lipinski definition) is 3. The second-order valence-corrected chi connectivity index (χ2v) is 4.20. The van der Waals surface area contributed by atoms with E-state index >= 15 is 0 Å². The number of anilines is 1. The van der Waals surface area contributed by atoms with Gasteiger partial charge in [0.1, 0.15) is 5.75 Å². The predicted octanol–water partition coefficient (Wildman–Crippen LogP) is 2.90. The molecule has 0 bridgehead atoms. The second-order valence-electron chi connectivity index (χ2n) is 4.20.